The highest BCUT2D eigenvalue weighted by molar-refractivity contribution is 5.86. The number of hydrogen-bond donors (Lipinski definition) is 0. The Morgan fingerprint density at radius 3 is 2.88 bits per heavy atom. The molecule has 96 valence electrons. The highest BCUT2D eigenvalue weighted by Gasteiger charge is 2.38. The van der Waals surface area contributed by atoms with Crippen molar-refractivity contribution < 1.29 is 9.53 Å². The van der Waals surface area contributed by atoms with Crippen molar-refractivity contribution in [1.82, 2.24) is 0 Å². The Kier molecular flexibility index (Phi) is 4.25. The molecule has 0 aromatic rings. The van der Waals surface area contributed by atoms with Gasteiger partial charge < -0.3 is 4.74 Å². The van der Waals surface area contributed by atoms with Crippen LogP contribution in [-0.4, -0.2) is 12.6 Å². The highest BCUT2D eigenvalue weighted by Crippen LogP contribution is 2.48. The van der Waals surface area contributed by atoms with Crippen molar-refractivity contribution in [2.45, 2.75) is 51.9 Å². The molecule has 0 radical (unpaired) electrons. The molecule has 3 atom stereocenters. The summed E-state index contributed by atoms with van der Waals surface area (Å²) in [6, 6.07) is 0. The lowest BCUT2D eigenvalue weighted by atomic mass is 9.89. The van der Waals surface area contributed by atoms with Crippen LogP contribution < -0.4 is 0 Å². The van der Waals surface area contributed by atoms with Crippen LogP contribution in [0.15, 0.2) is 12.2 Å². The van der Waals surface area contributed by atoms with E-state index in [0.29, 0.717) is 12.2 Å². The van der Waals surface area contributed by atoms with Crippen LogP contribution in [0, 0.1) is 17.8 Å². The van der Waals surface area contributed by atoms with Crippen LogP contribution in [0.1, 0.15) is 51.9 Å². The van der Waals surface area contributed by atoms with Gasteiger partial charge >= 0.3 is 5.97 Å². The van der Waals surface area contributed by atoms with Gasteiger partial charge in [-0.1, -0.05) is 19.4 Å². The summed E-state index contributed by atoms with van der Waals surface area (Å²) in [5.74, 6) is 2.69. The maximum Gasteiger partial charge on any atom is 0.333 e. The van der Waals surface area contributed by atoms with Gasteiger partial charge in [0.1, 0.15) is 0 Å². The molecule has 2 fully saturated rings. The quantitative estimate of drug-likeness (QED) is 0.413. The average Bonchev–Trinajstić information content (AvgIpc) is 2.87. The SMILES string of the molecule is C=C(C)C(=O)OCCCC1CCC2CCCC12. The zero-order chi connectivity index (χ0) is 12.3. The minimum Gasteiger partial charge on any atom is -0.462 e. The van der Waals surface area contributed by atoms with Gasteiger partial charge in [0, 0.05) is 5.57 Å². The third kappa shape index (κ3) is 3.11. The Balaban J connectivity index is 1.62. The van der Waals surface area contributed by atoms with E-state index in [4.69, 9.17) is 4.74 Å². The van der Waals surface area contributed by atoms with Crippen LogP contribution in [0.25, 0.3) is 0 Å². The molecule has 2 rings (SSSR count). The van der Waals surface area contributed by atoms with Gasteiger partial charge in [-0.25, -0.2) is 4.79 Å². The number of carbonyl (C=O) groups is 1. The van der Waals surface area contributed by atoms with E-state index in [2.05, 4.69) is 6.58 Å². The van der Waals surface area contributed by atoms with Gasteiger partial charge in [-0.2, -0.15) is 0 Å². The lowest BCUT2D eigenvalue weighted by molar-refractivity contribution is -0.139. The Labute approximate surface area is 104 Å². The molecule has 0 amide bonds. The second kappa shape index (κ2) is 5.70. The molecular formula is C15H24O2. The first kappa shape index (κ1) is 12.7. The number of carbonyl (C=O) groups excluding carboxylic acids is 1. The largest absolute Gasteiger partial charge is 0.462 e. The van der Waals surface area contributed by atoms with Crippen molar-refractivity contribution in [3.63, 3.8) is 0 Å². The fraction of sp³-hybridized carbons (Fsp3) is 0.800. The van der Waals surface area contributed by atoms with E-state index < -0.39 is 0 Å². The van der Waals surface area contributed by atoms with Crippen LogP contribution in [0.4, 0.5) is 0 Å². The Morgan fingerprint density at radius 1 is 1.29 bits per heavy atom. The second-order valence-corrected chi connectivity index (χ2v) is 5.75. The molecular weight excluding hydrogens is 212 g/mol. The van der Waals surface area contributed by atoms with Crippen molar-refractivity contribution in [2.75, 3.05) is 6.61 Å². The normalized spacial score (nSPS) is 31.2. The third-order valence-electron chi connectivity index (χ3n) is 4.53. The molecule has 0 heterocycles. The van der Waals surface area contributed by atoms with Crippen molar-refractivity contribution in [3.05, 3.63) is 12.2 Å². The average molecular weight is 236 g/mol. The van der Waals surface area contributed by atoms with Crippen LogP contribution in [-0.2, 0) is 9.53 Å². The summed E-state index contributed by atoms with van der Waals surface area (Å²) >= 11 is 0. The summed E-state index contributed by atoms with van der Waals surface area (Å²) in [4.78, 5) is 11.2. The smallest absolute Gasteiger partial charge is 0.333 e. The van der Waals surface area contributed by atoms with Crippen LogP contribution in [0.2, 0.25) is 0 Å². The molecule has 2 aliphatic carbocycles. The number of hydrogen-bond acceptors (Lipinski definition) is 2. The first-order chi connectivity index (χ1) is 8.18. The maximum atomic E-state index is 11.2. The van der Waals surface area contributed by atoms with Crippen molar-refractivity contribution in [1.29, 1.82) is 0 Å². The Hall–Kier alpha value is -0.790. The van der Waals surface area contributed by atoms with Crippen LogP contribution in [0.3, 0.4) is 0 Å². The monoisotopic (exact) mass is 236 g/mol. The second-order valence-electron chi connectivity index (χ2n) is 5.75. The van der Waals surface area contributed by atoms with E-state index in [1.54, 1.807) is 6.92 Å². The van der Waals surface area contributed by atoms with Crippen molar-refractivity contribution in [3.8, 4) is 0 Å². The number of ether oxygens (including phenoxy) is 1. The maximum absolute atomic E-state index is 11.2. The van der Waals surface area contributed by atoms with Crippen molar-refractivity contribution >= 4 is 5.97 Å². The Bertz CT molecular complexity index is 295. The minimum atomic E-state index is -0.241. The molecule has 2 saturated carbocycles. The highest BCUT2D eigenvalue weighted by atomic mass is 16.5. The topological polar surface area (TPSA) is 26.3 Å². The van der Waals surface area contributed by atoms with E-state index in [0.717, 1.165) is 24.2 Å². The van der Waals surface area contributed by atoms with Gasteiger partial charge in [0.05, 0.1) is 6.61 Å². The molecule has 2 heteroatoms. The standard InChI is InChI=1S/C15H24O2/c1-11(2)15(16)17-10-4-6-13-9-8-12-5-3-7-14(12)13/h12-14H,1,3-10H2,2H3. The zero-order valence-corrected chi connectivity index (χ0v) is 10.9. The zero-order valence-electron chi connectivity index (χ0n) is 10.9. The molecule has 0 aromatic carbocycles. The van der Waals surface area contributed by atoms with Gasteiger partial charge in [0.2, 0.25) is 0 Å². The third-order valence-corrected chi connectivity index (χ3v) is 4.53. The van der Waals surface area contributed by atoms with Crippen LogP contribution >= 0.6 is 0 Å². The van der Waals surface area contributed by atoms with E-state index in [9.17, 15) is 4.79 Å². The summed E-state index contributed by atoms with van der Waals surface area (Å²) in [6.07, 6.45) is 9.46. The predicted octanol–water partition coefficient (Wildman–Crippen LogP) is 3.71. The lowest BCUT2D eigenvalue weighted by Crippen LogP contribution is -2.11. The minimum absolute atomic E-state index is 0.241. The molecule has 0 bridgehead atoms. The van der Waals surface area contributed by atoms with Crippen molar-refractivity contribution in [2.24, 2.45) is 17.8 Å². The molecule has 17 heavy (non-hydrogen) atoms. The number of rotatable bonds is 5. The van der Waals surface area contributed by atoms with E-state index in [-0.39, 0.29) is 5.97 Å². The van der Waals surface area contributed by atoms with Gasteiger partial charge in [-0.3, -0.25) is 0 Å². The summed E-state index contributed by atoms with van der Waals surface area (Å²) in [6.45, 7) is 5.85. The molecule has 0 aromatic heterocycles. The first-order valence-corrected chi connectivity index (χ1v) is 7.01. The fourth-order valence-electron chi connectivity index (χ4n) is 3.68. The molecule has 2 nitrogen and oxygen atoms in total. The van der Waals surface area contributed by atoms with Gasteiger partial charge in [0.15, 0.2) is 0 Å². The lowest BCUT2D eigenvalue weighted by Gasteiger charge is -2.18. The summed E-state index contributed by atoms with van der Waals surface area (Å²) in [7, 11) is 0. The van der Waals surface area contributed by atoms with Gasteiger partial charge in [-0.05, 0) is 56.8 Å². The molecule has 2 aliphatic rings. The summed E-state index contributed by atoms with van der Waals surface area (Å²) in [5, 5.41) is 0. The van der Waals surface area contributed by atoms with Gasteiger partial charge in [0.25, 0.3) is 0 Å². The molecule has 0 aliphatic heterocycles. The summed E-state index contributed by atoms with van der Waals surface area (Å²) in [5.41, 5.74) is 0.502. The predicted molar refractivity (Wildman–Crippen MR) is 68.6 cm³/mol. The molecule has 0 N–H and O–H groups in total. The van der Waals surface area contributed by atoms with Crippen LogP contribution in [0.5, 0.6) is 0 Å². The number of fused-ring (bicyclic) bond motifs is 1. The number of esters is 1. The fourth-order valence-corrected chi connectivity index (χ4v) is 3.68. The summed E-state index contributed by atoms with van der Waals surface area (Å²) < 4.78 is 5.14. The van der Waals surface area contributed by atoms with E-state index in [1.165, 1.54) is 38.5 Å². The van der Waals surface area contributed by atoms with E-state index in [1.807, 2.05) is 0 Å². The Morgan fingerprint density at radius 2 is 2.12 bits per heavy atom. The van der Waals surface area contributed by atoms with E-state index >= 15 is 0 Å². The van der Waals surface area contributed by atoms with Gasteiger partial charge in [-0.15, -0.1) is 0 Å². The molecule has 0 saturated heterocycles. The molecule has 0 spiro atoms. The first-order valence-electron chi connectivity index (χ1n) is 7.01. The molecule has 3 unspecified atom stereocenters.